The zero-order chi connectivity index (χ0) is 11.7. The van der Waals surface area contributed by atoms with Crippen molar-refractivity contribution in [1.82, 2.24) is 4.90 Å². The zero-order valence-electron chi connectivity index (χ0n) is 10.8. The molecule has 0 aromatic carbocycles. The van der Waals surface area contributed by atoms with Gasteiger partial charge in [0.1, 0.15) is 0 Å². The van der Waals surface area contributed by atoms with E-state index in [1.807, 2.05) is 0 Å². The molecule has 2 N–H and O–H groups in total. The highest BCUT2D eigenvalue weighted by atomic mass is 16.5. The van der Waals surface area contributed by atoms with Crippen molar-refractivity contribution < 1.29 is 4.74 Å². The third-order valence-corrected chi connectivity index (χ3v) is 3.92. The zero-order valence-corrected chi connectivity index (χ0v) is 10.8. The van der Waals surface area contributed by atoms with Crippen molar-refractivity contribution in [2.45, 2.75) is 45.7 Å². The van der Waals surface area contributed by atoms with Gasteiger partial charge in [0, 0.05) is 24.2 Å². The van der Waals surface area contributed by atoms with Crippen molar-refractivity contribution in [3.05, 3.63) is 0 Å². The molecule has 1 aliphatic rings. The van der Waals surface area contributed by atoms with E-state index in [0.29, 0.717) is 12.5 Å². The minimum absolute atomic E-state index is 0.0767. The highest BCUT2D eigenvalue weighted by Gasteiger charge is 2.43. The summed E-state index contributed by atoms with van der Waals surface area (Å²) in [5.74, 6) is 0.555. The second-order valence-electron chi connectivity index (χ2n) is 5.73. The Bertz CT molecular complexity index is 216. The van der Waals surface area contributed by atoms with Crippen LogP contribution in [0.4, 0.5) is 0 Å². The minimum Gasteiger partial charge on any atom is -0.378 e. The molecule has 1 unspecified atom stereocenters. The predicted octanol–water partition coefficient (Wildman–Crippen LogP) is 1.47. The molecule has 3 nitrogen and oxygen atoms in total. The summed E-state index contributed by atoms with van der Waals surface area (Å²) in [4.78, 5) is 2.52. The summed E-state index contributed by atoms with van der Waals surface area (Å²) in [7, 11) is 0. The first-order chi connectivity index (χ1) is 6.84. The van der Waals surface area contributed by atoms with E-state index in [1.165, 1.54) is 0 Å². The highest BCUT2D eigenvalue weighted by molar-refractivity contribution is 4.99. The number of rotatable bonds is 3. The number of hydrogen-bond donors (Lipinski definition) is 1. The lowest BCUT2D eigenvalue weighted by Crippen LogP contribution is -2.66. The van der Waals surface area contributed by atoms with Crippen LogP contribution < -0.4 is 5.73 Å². The molecule has 1 fully saturated rings. The van der Waals surface area contributed by atoms with Crippen LogP contribution in [-0.2, 0) is 4.74 Å². The fourth-order valence-electron chi connectivity index (χ4n) is 2.46. The molecule has 15 heavy (non-hydrogen) atoms. The molecule has 0 saturated carbocycles. The van der Waals surface area contributed by atoms with E-state index >= 15 is 0 Å². The average molecular weight is 214 g/mol. The fraction of sp³-hybridized carbons (Fsp3) is 1.00. The number of nitrogens with zero attached hydrogens (tertiary/aromatic N) is 1. The molecular formula is C12H26N2O. The fourth-order valence-corrected chi connectivity index (χ4v) is 2.46. The van der Waals surface area contributed by atoms with Gasteiger partial charge in [0.25, 0.3) is 0 Å². The van der Waals surface area contributed by atoms with Crippen LogP contribution in [-0.4, -0.2) is 42.3 Å². The van der Waals surface area contributed by atoms with Gasteiger partial charge in [0.2, 0.25) is 0 Å². The second kappa shape index (κ2) is 4.40. The van der Waals surface area contributed by atoms with E-state index in [9.17, 15) is 0 Å². The van der Waals surface area contributed by atoms with Crippen LogP contribution in [0.2, 0.25) is 0 Å². The van der Waals surface area contributed by atoms with Gasteiger partial charge in [-0.05, 0) is 26.7 Å². The van der Waals surface area contributed by atoms with Gasteiger partial charge < -0.3 is 10.5 Å². The van der Waals surface area contributed by atoms with Crippen molar-refractivity contribution >= 4 is 0 Å². The number of morpholine rings is 1. The van der Waals surface area contributed by atoms with E-state index in [4.69, 9.17) is 10.5 Å². The number of ether oxygens (including phenoxy) is 1. The first-order valence-corrected chi connectivity index (χ1v) is 5.90. The molecule has 1 aliphatic heterocycles. The third kappa shape index (κ3) is 2.35. The smallest absolute Gasteiger partial charge is 0.0645 e. The molecular weight excluding hydrogens is 188 g/mol. The molecule has 0 spiro atoms. The number of hydrogen-bond acceptors (Lipinski definition) is 3. The van der Waals surface area contributed by atoms with Crippen LogP contribution >= 0.6 is 0 Å². The Morgan fingerprint density at radius 2 is 2.07 bits per heavy atom. The largest absolute Gasteiger partial charge is 0.378 e. The van der Waals surface area contributed by atoms with Crippen LogP contribution in [0.25, 0.3) is 0 Å². The molecule has 0 aromatic rings. The highest BCUT2D eigenvalue weighted by Crippen LogP contribution is 2.32. The lowest BCUT2D eigenvalue weighted by Gasteiger charge is -2.54. The summed E-state index contributed by atoms with van der Waals surface area (Å²) in [5.41, 5.74) is 6.15. The molecule has 1 heterocycles. The summed E-state index contributed by atoms with van der Waals surface area (Å²) in [6.07, 6.45) is 0. The van der Waals surface area contributed by atoms with E-state index in [-0.39, 0.29) is 11.1 Å². The Hall–Kier alpha value is -0.120. The minimum atomic E-state index is 0.0767. The SMILES string of the molecule is CC(C)C(C)(CN)N1CCOCC1(C)C. The molecule has 0 aromatic heterocycles. The normalized spacial score (nSPS) is 26.6. The maximum absolute atomic E-state index is 5.98. The molecule has 3 heteroatoms. The summed E-state index contributed by atoms with van der Waals surface area (Å²) >= 11 is 0. The monoisotopic (exact) mass is 214 g/mol. The van der Waals surface area contributed by atoms with E-state index in [1.54, 1.807) is 0 Å². The first-order valence-electron chi connectivity index (χ1n) is 5.90. The average Bonchev–Trinajstić information content (AvgIpc) is 2.15. The first kappa shape index (κ1) is 12.9. The van der Waals surface area contributed by atoms with Crippen LogP contribution in [0.3, 0.4) is 0 Å². The van der Waals surface area contributed by atoms with Crippen molar-refractivity contribution in [2.24, 2.45) is 11.7 Å². The summed E-state index contributed by atoms with van der Waals surface area (Å²) in [5, 5.41) is 0. The van der Waals surface area contributed by atoms with E-state index < -0.39 is 0 Å². The van der Waals surface area contributed by atoms with Gasteiger partial charge in [0.15, 0.2) is 0 Å². The Labute approximate surface area is 94.0 Å². The predicted molar refractivity (Wildman–Crippen MR) is 63.9 cm³/mol. The second-order valence-corrected chi connectivity index (χ2v) is 5.73. The lowest BCUT2D eigenvalue weighted by molar-refractivity contribution is -0.111. The van der Waals surface area contributed by atoms with Gasteiger partial charge in [-0.2, -0.15) is 0 Å². The van der Waals surface area contributed by atoms with Gasteiger partial charge in [-0.15, -0.1) is 0 Å². The molecule has 0 bridgehead atoms. The van der Waals surface area contributed by atoms with Gasteiger partial charge in [0.05, 0.1) is 13.2 Å². The molecule has 1 rings (SSSR count). The van der Waals surface area contributed by atoms with E-state index in [2.05, 4.69) is 39.5 Å². The topological polar surface area (TPSA) is 38.5 Å². The molecule has 1 saturated heterocycles. The molecule has 0 aliphatic carbocycles. The molecule has 90 valence electrons. The van der Waals surface area contributed by atoms with Crippen molar-refractivity contribution in [1.29, 1.82) is 0 Å². The quantitative estimate of drug-likeness (QED) is 0.773. The summed E-state index contributed by atoms with van der Waals surface area (Å²) in [6, 6.07) is 0. The molecule has 1 atom stereocenters. The molecule has 0 amide bonds. The van der Waals surface area contributed by atoms with E-state index in [0.717, 1.165) is 19.8 Å². The summed E-state index contributed by atoms with van der Waals surface area (Å²) in [6.45, 7) is 14.6. The maximum Gasteiger partial charge on any atom is 0.0645 e. The Morgan fingerprint density at radius 1 is 1.47 bits per heavy atom. The van der Waals surface area contributed by atoms with Crippen LogP contribution in [0, 0.1) is 5.92 Å². The Morgan fingerprint density at radius 3 is 2.47 bits per heavy atom. The van der Waals surface area contributed by atoms with Gasteiger partial charge in [-0.1, -0.05) is 13.8 Å². The molecule has 0 radical (unpaired) electrons. The maximum atomic E-state index is 5.98. The van der Waals surface area contributed by atoms with Crippen LogP contribution in [0.1, 0.15) is 34.6 Å². The van der Waals surface area contributed by atoms with Gasteiger partial charge >= 0.3 is 0 Å². The Balaban J connectivity index is 2.91. The standard InChI is InChI=1S/C12H26N2O/c1-10(2)12(5,8-13)14-6-7-15-9-11(14,3)4/h10H,6-9,13H2,1-5H3. The summed E-state index contributed by atoms with van der Waals surface area (Å²) < 4.78 is 5.55. The van der Waals surface area contributed by atoms with Crippen LogP contribution in [0.15, 0.2) is 0 Å². The van der Waals surface area contributed by atoms with Gasteiger partial charge in [-0.25, -0.2) is 0 Å². The van der Waals surface area contributed by atoms with Gasteiger partial charge in [-0.3, -0.25) is 4.90 Å². The lowest BCUT2D eigenvalue weighted by atomic mass is 9.82. The van der Waals surface area contributed by atoms with Crippen molar-refractivity contribution in [3.63, 3.8) is 0 Å². The number of nitrogens with two attached hydrogens (primary N) is 1. The van der Waals surface area contributed by atoms with Crippen molar-refractivity contribution in [3.8, 4) is 0 Å². The van der Waals surface area contributed by atoms with Crippen LogP contribution in [0.5, 0.6) is 0 Å². The Kier molecular flexibility index (Phi) is 3.80. The van der Waals surface area contributed by atoms with Crippen molar-refractivity contribution in [2.75, 3.05) is 26.3 Å². The third-order valence-electron chi connectivity index (χ3n) is 3.92.